The Hall–Kier alpha value is -2.54. The lowest BCUT2D eigenvalue weighted by Gasteiger charge is -2.16. The highest BCUT2D eigenvalue weighted by Gasteiger charge is 2.33. The fourth-order valence-corrected chi connectivity index (χ4v) is 3.20. The number of alkyl halides is 3. The summed E-state index contributed by atoms with van der Waals surface area (Å²) in [5.74, 6) is 0.490. The SMILES string of the molecule is O=C(C=Cc1ccc(Cl)c(C(F)(F)F)c1)NCc1ccnc(N2CCCC2)c1. The van der Waals surface area contributed by atoms with Gasteiger partial charge in [0.2, 0.25) is 5.91 Å². The summed E-state index contributed by atoms with van der Waals surface area (Å²) in [6.45, 7) is 2.26. The van der Waals surface area contributed by atoms with E-state index in [1.54, 1.807) is 6.20 Å². The van der Waals surface area contributed by atoms with Crippen molar-refractivity contribution in [1.82, 2.24) is 10.3 Å². The van der Waals surface area contributed by atoms with Crippen LogP contribution in [-0.4, -0.2) is 24.0 Å². The molecule has 28 heavy (non-hydrogen) atoms. The minimum atomic E-state index is -4.54. The van der Waals surface area contributed by atoms with Gasteiger partial charge in [-0.1, -0.05) is 17.7 Å². The summed E-state index contributed by atoms with van der Waals surface area (Å²) in [7, 11) is 0. The van der Waals surface area contributed by atoms with Crippen LogP contribution in [0.3, 0.4) is 0 Å². The van der Waals surface area contributed by atoms with Gasteiger partial charge in [-0.05, 0) is 54.3 Å². The molecule has 0 unspecified atom stereocenters. The van der Waals surface area contributed by atoms with E-state index in [2.05, 4.69) is 15.2 Å². The Balaban J connectivity index is 1.59. The van der Waals surface area contributed by atoms with Gasteiger partial charge in [0, 0.05) is 31.9 Å². The van der Waals surface area contributed by atoms with Crippen LogP contribution in [0, 0.1) is 0 Å². The van der Waals surface area contributed by atoms with Gasteiger partial charge in [0.25, 0.3) is 0 Å². The van der Waals surface area contributed by atoms with E-state index in [4.69, 9.17) is 11.6 Å². The van der Waals surface area contributed by atoms with Crippen molar-refractivity contribution in [2.45, 2.75) is 25.6 Å². The zero-order valence-electron chi connectivity index (χ0n) is 15.0. The van der Waals surface area contributed by atoms with E-state index in [0.29, 0.717) is 6.54 Å². The average Bonchev–Trinajstić information content (AvgIpc) is 3.20. The van der Waals surface area contributed by atoms with E-state index >= 15 is 0 Å². The maximum atomic E-state index is 12.9. The number of aromatic nitrogens is 1. The molecular weight excluding hydrogens is 391 g/mol. The van der Waals surface area contributed by atoms with Gasteiger partial charge in [0.05, 0.1) is 10.6 Å². The molecule has 1 aliphatic rings. The van der Waals surface area contributed by atoms with E-state index in [-0.39, 0.29) is 10.6 Å². The van der Waals surface area contributed by atoms with E-state index in [0.717, 1.165) is 43.4 Å². The zero-order valence-corrected chi connectivity index (χ0v) is 15.7. The van der Waals surface area contributed by atoms with Gasteiger partial charge in [-0.3, -0.25) is 4.79 Å². The van der Waals surface area contributed by atoms with Gasteiger partial charge in [0.1, 0.15) is 5.82 Å². The molecular formula is C20H19ClF3N3O. The molecule has 1 saturated heterocycles. The molecule has 0 atom stereocenters. The van der Waals surface area contributed by atoms with Crippen LogP contribution in [-0.2, 0) is 17.5 Å². The molecule has 0 saturated carbocycles. The normalized spacial score (nSPS) is 14.6. The van der Waals surface area contributed by atoms with Crippen molar-refractivity contribution in [3.05, 3.63) is 64.3 Å². The van der Waals surface area contributed by atoms with Crippen LogP contribution >= 0.6 is 11.6 Å². The monoisotopic (exact) mass is 409 g/mol. The third-order valence-electron chi connectivity index (χ3n) is 4.43. The third kappa shape index (κ3) is 5.25. The maximum absolute atomic E-state index is 12.9. The number of carbonyl (C=O) groups is 1. The molecule has 1 aromatic heterocycles. The number of hydrogen-bond donors (Lipinski definition) is 1. The summed E-state index contributed by atoms with van der Waals surface area (Å²) in [6.07, 6.45) is 1.98. The molecule has 3 rings (SSSR count). The molecule has 0 radical (unpaired) electrons. The number of carbonyl (C=O) groups excluding carboxylic acids is 1. The minimum absolute atomic E-state index is 0.243. The molecule has 1 aliphatic heterocycles. The summed E-state index contributed by atoms with van der Waals surface area (Å²) in [5, 5.41) is 2.35. The molecule has 1 fully saturated rings. The molecule has 1 amide bonds. The Morgan fingerprint density at radius 3 is 2.68 bits per heavy atom. The summed E-state index contributed by atoms with van der Waals surface area (Å²) >= 11 is 5.59. The molecule has 1 N–H and O–H groups in total. The average molecular weight is 410 g/mol. The van der Waals surface area contributed by atoms with Crippen molar-refractivity contribution < 1.29 is 18.0 Å². The van der Waals surface area contributed by atoms with Gasteiger partial charge in [-0.15, -0.1) is 0 Å². The molecule has 2 aromatic rings. The van der Waals surface area contributed by atoms with Crippen LogP contribution < -0.4 is 10.2 Å². The number of pyridine rings is 1. The lowest BCUT2D eigenvalue weighted by molar-refractivity contribution is -0.137. The van der Waals surface area contributed by atoms with Crippen molar-refractivity contribution in [2.75, 3.05) is 18.0 Å². The number of anilines is 1. The Bertz CT molecular complexity index is 877. The summed E-state index contributed by atoms with van der Waals surface area (Å²) in [4.78, 5) is 18.6. The van der Waals surface area contributed by atoms with Crippen molar-refractivity contribution in [3.8, 4) is 0 Å². The first kappa shape index (κ1) is 20.2. The number of rotatable bonds is 5. The van der Waals surface area contributed by atoms with Gasteiger partial charge < -0.3 is 10.2 Å². The highest BCUT2D eigenvalue weighted by molar-refractivity contribution is 6.31. The van der Waals surface area contributed by atoms with Gasteiger partial charge in [-0.2, -0.15) is 13.2 Å². The second kappa shape index (κ2) is 8.65. The first-order valence-corrected chi connectivity index (χ1v) is 9.23. The highest BCUT2D eigenvalue weighted by atomic mass is 35.5. The minimum Gasteiger partial charge on any atom is -0.357 e. The number of halogens is 4. The van der Waals surface area contributed by atoms with E-state index in [1.807, 2.05) is 12.1 Å². The third-order valence-corrected chi connectivity index (χ3v) is 4.76. The molecule has 2 heterocycles. The summed E-state index contributed by atoms with van der Waals surface area (Å²) in [5.41, 5.74) is 0.222. The maximum Gasteiger partial charge on any atom is 0.417 e. The van der Waals surface area contributed by atoms with Crippen LogP contribution in [0.5, 0.6) is 0 Å². The topological polar surface area (TPSA) is 45.2 Å². The highest BCUT2D eigenvalue weighted by Crippen LogP contribution is 2.35. The number of nitrogens with zero attached hydrogens (tertiary/aromatic N) is 2. The first-order valence-electron chi connectivity index (χ1n) is 8.85. The number of nitrogens with one attached hydrogen (secondary N) is 1. The lowest BCUT2D eigenvalue weighted by atomic mass is 10.1. The van der Waals surface area contributed by atoms with Crippen LogP contribution in [0.15, 0.2) is 42.6 Å². The fourth-order valence-electron chi connectivity index (χ4n) is 2.97. The van der Waals surface area contributed by atoms with Crippen molar-refractivity contribution in [1.29, 1.82) is 0 Å². The van der Waals surface area contributed by atoms with E-state index in [1.165, 1.54) is 24.3 Å². The lowest BCUT2D eigenvalue weighted by Crippen LogP contribution is -2.22. The van der Waals surface area contributed by atoms with Gasteiger partial charge in [0.15, 0.2) is 0 Å². The number of amides is 1. The van der Waals surface area contributed by atoms with E-state index in [9.17, 15) is 18.0 Å². The molecule has 0 aliphatic carbocycles. The van der Waals surface area contributed by atoms with Gasteiger partial charge >= 0.3 is 6.18 Å². The molecule has 8 heteroatoms. The fraction of sp³-hybridized carbons (Fsp3) is 0.300. The Labute approximate surface area is 166 Å². The molecule has 148 valence electrons. The standard InChI is InChI=1S/C20H19ClF3N3O/c21-17-5-3-14(11-16(17)20(22,23)24)4-6-19(28)26-13-15-7-8-25-18(12-15)27-9-1-2-10-27/h3-8,11-12H,1-2,9-10,13H2,(H,26,28). The first-order chi connectivity index (χ1) is 13.3. The number of benzene rings is 1. The summed E-state index contributed by atoms with van der Waals surface area (Å²) in [6, 6.07) is 7.26. The Morgan fingerprint density at radius 2 is 1.96 bits per heavy atom. The van der Waals surface area contributed by atoms with Gasteiger partial charge in [-0.25, -0.2) is 4.98 Å². The summed E-state index contributed by atoms with van der Waals surface area (Å²) < 4.78 is 38.7. The van der Waals surface area contributed by atoms with Crippen LogP contribution in [0.25, 0.3) is 6.08 Å². The second-order valence-electron chi connectivity index (χ2n) is 6.50. The molecule has 0 bridgehead atoms. The molecule has 1 aromatic carbocycles. The predicted molar refractivity (Wildman–Crippen MR) is 103 cm³/mol. The molecule has 4 nitrogen and oxygen atoms in total. The molecule has 0 spiro atoms. The Kier molecular flexibility index (Phi) is 6.24. The predicted octanol–water partition coefficient (Wildman–Crippen LogP) is 4.68. The van der Waals surface area contributed by atoms with Crippen LogP contribution in [0.4, 0.5) is 19.0 Å². The Morgan fingerprint density at radius 1 is 1.21 bits per heavy atom. The largest absolute Gasteiger partial charge is 0.417 e. The second-order valence-corrected chi connectivity index (χ2v) is 6.91. The smallest absolute Gasteiger partial charge is 0.357 e. The van der Waals surface area contributed by atoms with Crippen molar-refractivity contribution in [2.24, 2.45) is 0 Å². The van der Waals surface area contributed by atoms with Crippen molar-refractivity contribution >= 4 is 29.4 Å². The van der Waals surface area contributed by atoms with Crippen LogP contribution in [0.2, 0.25) is 5.02 Å². The van der Waals surface area contributed by atoms with Crippen LogP contribution in [0.1, 0.15) is 29.5 Å². The zero-order chi connectivity index (χ0) is 20.1. The van der Waals surface area contributed by atoms with Crippen molar-refractivity contribution in [3.63, 3.8) is 0 Å². The van der Waals surface area contributed by atoms with E-state index < -0.39 is 17.6 Å². The number of hydrogen-bond acceptors (Lipinski definition) is 3. The quantitative estimate of drug-likeness (QED) is 0.729.